The van der Waals surface area contributed by atoms with Gasteiger partial charge in [0.25, 0.3) is 5.91 Å². The molecule has 0 radical (unpaired) electrons. The van der Waals surface area contributed by atoms with E-state index in [1.54, 1.807) is 22.3 Å². The van der Waals surface area contributed by atoms with Gasteiger partial charge in [-0.05, 0) is 25.8 Å². The first-order valence-corrected chi connectivity index (χ1v) is 9.01. The molecular weight excluding hydrogens is 326 g/mol. The number of nitrogens with zero attached hydrogens (tertiary/aromatic N) is 2. The number of rotatable bonds is 5. The SMILES string of the molecule is Cc1nc(CCNC(=O)C2CCCN(C(=O)c3ccoc3)C2)cs1. The molecule has 0 aliphatic carbocycles. The van der Waals surface area contributed by atoms with Crippen LogP contribution in [-0.4, -0.2) is 41.3 Å². The van der Waals surface area contributed by atoms with Crippen molar-refractivity contribution in [1.29, 1.82) is 0 Å². The van der Waals surface area contributed by atoms with Crippen molar-refractivity contribution in [2.45, 2.75) is 26.2 Å². The van der Waals surface area contributed by atoms with Crippen molar-refractivity contribution in [3.8, 4) is 0 Å². The summed E-state index contributed by atoms with van der Waals surface area (Å²) in [6, 6.07) is 1.65. The Labute approximate surface area is 144 Å². The third-order valence-corrected chi connectivity index (χ3v) is 5.02. The van der Waals surface area contributed by atoms with Crippen LogP contribution in [0.5, 0.6) is 0 Å². The number of carbonyl (C=O) groups excluding carboxylic acids is 2. The van der Waals surface area contributed by atoms with Crippen LogP contribution < -0.4 is 5.32 Å². The number of carbonyl (C=O) groups is 2. The molecule has 1 fully saturated rings. The molecule has 1 aliphatic rings. The summed E-state index contributed by atoms with van der Waals surface area (Å²) >= 11 is 1.62. The van der Waals surface area contributed by atoms with Crippen molar-refractivity contribution >= 4 is 23.2 Å². The average Bonchev–Trinajstić information content (AvgIpc) is 3.26. The molecule has 2 aromatic rings. The molecule has 7 heteroatoms. The number of piperidine rings is 1. The number of amides is 2. The first kappa shape index (κ1) is 16.7. The Kier molecular flexibility index (Phi) is 5.30. The zero-order chi connectivity index (χ0) is 16.9. The standard InChI is InChI=1S/C17H21N3O3S/c1-12-19-15(11-24-12)4-6-18-16(21)13-3-2-7-20(9-13)17(22)14-5-8-23-10-14/h5,8,10-11,13H,2-4,6-7,9H2,1H3,(H,18,21). The lowest BCUT2D eigenvalue weighted by molar-refractivity contribution is -0.126. The monoisotopic (exact) mass is 347 g/mol. The lowest BCUT2D eigenvalue weighted by Crippen LogP contribution is -2.45. The van der Waals surface area contributed by atoms with Crippen molar-refractivity contribution in [2.24, 2.45) is 5.92 Å². The summed E-state index contributed by atoms with van der Waals surface area (Å²) < 4.78 is 4.97. The Hall–Kier alpha value is -2.15. The van der Waals surface area contributed by atoms with Crippen LogP contribution in [0.15, 0.2) is 28.4 Å². The topological polar surface area (TPSA) is 75.4 Å². The molecule has 2 amide bonds. The Balaban J connectivity index is 1.48. The van der Waals surface area contributed by atoms with Crippen LogP contribution in [0.4, 0.5) is 0 Å². The van der Waals surface area contributed by atoms with E-state index in [1.165, 1.54) is 12.5 Å². The minimum Gasteiger partial charge on any atom is -0.472 e. The van der Waals surface area contributed by atoms with Crippen LogP contribution in [-0.2, 0) is 11.2 Å². The second-order valence-corrected chi connectivity index (χ2v) is 7.06. The summed E-state index contributed by atoms with van der Waals surface area (Å²) in [6.45, 7) is 3.70. The van der Waals surface area contributed by atoms with E-state index in [-0.39, 0.29) is 17.7 Å². The zero-order valence-corrected chi connectivity index (χ0v) is 14.5. The minimum absolute atomic E-state index is 0.0200. The van der Waals surface area contributed by atoms with E-state index in [2.05, 4.69) is 10.3 Å². The summed E-state index contributed by atoms with van der Waals surface area (Å²) in [6.07, 6.45) is 5.33. The molecule has 1 saturated heterocycles. The van der Waals surface area contributed by atoms with Crippen molar-refractivity contribution in [3.05, 3.63) is 40.2 Å². The summed E-state index contributed by atoms with van der Waals surface area (Å²) in [5.74, 6) is -0.197. The Morgan fingerprint density at radius 3 is 3.08 bits per heavy atom. The number of aromatic nitrogens is 1. The van der Waals surface area contributed by atoms with Crippen LogP contribution in [0.1, 0.15) is 33.9 Å². The van der Waals surface area contributed by atoms with Gasteiger partial charge in [-0.15, -0.1) is 11.3 Å². The van der Waals surface area contributed by atoms with E-state index >= 15 is 0 Å². The lowest BCUT2D eigenvalue weighted by Gasteiger charge is -2.31. The molecule has 1 unspecified atom stereocenters. The van der Waals surface area contributed by atoms with E-state index in [1.807, 2.05) is 12.3 Å². The largest absolute Gasteiger partial charge is 0.472 e. The van der Waals surface area contributed by atoms with E-state index in [0.717, 1.165) is 30.0 Å². The zero-order valence-electron chi connectivity index (χ0n) is 13.7. The van der Waals surface area contributed by atoms with E-state index in [0.29, 0.717) is 25.2 Å². The fraction of sp³-hybridized carbons (Fsp3) is 0.471. The molecule has 1 atom stereocenters. The van der Waals surface area contributed by atoms with Crippen molar-refractivity contribution in [2.75, 3.05) is 19.6 Å². The van der Waals surface area contributed by atoms with E-state index < -0.39 is 0 Å². The normalized spacial score (nSPS) is 17.7. The summed E-state index contributed by atoms with van der Waals surface area (Å²) in [4.78, 5) is 30.8. The van der Waals surface area contributed by atoms with E-state index in [9.17, 15) is 9.59 Å². The number of nitrogens with one attached hydrogen (secondary N) is 1. The molecule has 128 valence electrons. The smallest absolute Gasteiger partial charge is 0.257 e. The number of aryl methyl sites for hydroxylation is 1. The van der Waals surface area contributed by atoms with Gasteiger partial charge in [-0.1, -0.05) is 0 Å². The third-order valence-electron chi connectivity index (χ3n) is 4.19. The van der Waals surface area contributed by atoms with Gasteiger partial charge in [-0.3, -0.25) is 9.59 Å². The molecule has 3 heterocycles. The quantitative estimate of drug-likeness (QED) is 0.900. The molecule has 1 N–H and O–H groups in total. The molecule has 24 heavy (non-hydrogen) atoms. The predicted molar refractivity (Wildman–Crippen MR) is 90.9 cm³/mol. The maximum Gasteiger partial charge on any atom is 0.257 e. The van der Waals surface area contributed by atoms with Gasteiger partial charge in [0.05, 0.1) is 28.4 Å². The van der Waals surface area contributed by atoms with Crippen LogP contribution in [0.2, 0.25) is 0 Å². The highest BCUT2D eigenvalue weighted by atomic mass is 32.1. The number of hydrogen-bond donors (Lipinski definition) is 1. The van der Waals surface area contributed by atoms with Crippen molar-refractivity contribution in [1.82, 2.24) is 15.2 Å². The van der Waals surface area contributed by atoms with Gasteiger partial charge in [-0.2, -0.15) is 0 Å². The fourth-order valence-corrected chi connectivity index (χ4v) is 3.57. The number of thiazole rings is 1. The fourth-order valence-electron chi connectivity index (χ4n) is 2.93. The molecule has 2 aromatic heterocycles. The first-order chi connectivity index (χ1) is 11.6. The van der Waals surface area contributed by atoms with Crippen LogP contribution >= 0.6 is 11.3 Å². The molecule has 0 aromatic carbocycles. The predicted octanol–water partition coefficient (Wildman–Crippen LogP) is 2.26. The second-order valence-electron chi connectivity index (χ2n) is 6.00. The molecule has 1 aliphatic heterocycles. The molecule has 3 rings (SSSR count). The van der Waals surface area contributed by atoms with E-state index in [4.69, 9.17) is 4.42 Å². The van der Waals surface area contributed by atoms with Crippen LogP contribution in [0.25, 0.3) is 0 Å². The van der Waals surface area contributed by atoms with Gasteiger partial charge in [0.1, 0.15) is 6.26 Å². The highest BCUT2D eigenvalue weighted by Gasteiger charge is 2.29. The maximum absolute atomic E-state index is 12.4. The van der Waals surface area contributed by atoms with Gasteiger partial charge >= 0.3 is 0 Å². The van der Waals surface area contributed by atoms with Gasteiger partial charge in [0.2, 0.25) is 5.91 Å². The summed E-state index contributed by atoms with van der Waals surface area (Å²) in [7, 11) is 0. The van der Waals surface area contributed by atoms with Gasteiger partial charge < -0.3 is 14.6 Å². The number of furan rings is 1. The molecule has 0 bridgehead atoms. The number of likely N-dealkylation sites (tertiary alicyclic amines) is 1. The average molecular weight is 347 g/mol. The third kappa shape index (κ3) is 4.03. The summed E-state index contributed by atoms with van der Waals surface area (Å²) in [5, 5.41) is 6.03. The Morgan fingerprint density at radius 2 is 2.38 bits per heavy atom. The van der Waals surface area contributed by atoms with Crippen LogP contribution in [0, 0.1) is 12.8 Å². The van der Waals surface area contributed by atoms with Crippen molar-refractivity contribution < 1.29 is 14.0 Å². The van der Waals surface area contributed by atoms with Gasteiger partial charge in [-0.25, -0.2) is 4.98 Å². The van der Waals surface area contributed by atoms with Crippen molar-refractivity contribution in [3.63, 3.8) is 0 Å². The molecule has 0 spiro atoms. The molecular formula is C17H21N3O3S. The highest BCUT2D eigenvalue weighted by Crippen LogP contribution is 2.19. The minimum atomic E-state index is -0.147. The second kappa shape index (κ2) is 7.61. The molecule has 0 saturated carbocycles. The van der Waals surface area contributed by atoms with Gasteiger partial charge in [0.15, 0.2) is 0 Å². The first-order valence-electron chi connectivity index (χ1n) is 8.13. The summed E-state index contributed by atoms with van der Waals surface area (Å²) in [5.41, 5.74) is 1.55. The van der Waals surface area contributed by atoms with Gasteiger partial charge in [0, 0.05) is 31.4 Å². The van der Waals surface area contributed by atoms with Crippen LogP contribution in [0.3, 0.4) is 0 Å². The Bertz CT molecular complexity index is 696. The highest BCUT2D eigenvalue weighted by molar-refractivity contribution is 7.09. The Morgan fingerprint density at radius 1 is 1.50 bits per heavy atom. The number of hydrogen-bond acceptors (Lipinski definition) is 5. The molecule has 6 nitrogen and oxygen atoms in total. The lowest BCUT2D eigenvalue weighted by atomic mass is 9.96. The maximum atomic E-state index is 12.4.